The third kappa shape index (κ3) is 4.58. The van der Waals surface area contributed by atoms with Crippen molar-refractivity contribution in [3.63, 3.8) is 0 Å². The summed E-state index contributed by atoms with van der Waals surface area (Å²) in [6.07, 6.45) is 2.92. The van der Waals surface area contributed by atoms with Gasteiger partial charge in [0.2, 0.25) is 5.95 Å². The smallest absolute Gasteiger partial charge is 0.258 e. The van der Waals surface area contributed by atoms with Crippen molar-refractivity contribution in [1.82, 2.24) is 9.97 Å². The van der Waals surface area contributed by atoms with E-state index in [2.05, 4.69) is 20.6 Å². The Hall–Kier alpha value is -3.92. The molecule has 0 aliphatic rings. The van der Waals surface area contributed by atoms with E-state index in [9.17, 15) is 4.79 Å². The van der Waals surface area contributed by atoms with Crippen LogP contribution in [0.25, 0.3) is 0 Å². The molecule has 0 fully saturated rings. The molecular formula is C20H18N6O. The van der Waals surface area contributed by atoms with Gasteiger partial charge in [0.25, 0.3) is 5.91 Å². The molecule has 134 valence electrons. The van der Waals surface area contributed by atoms with E-state index < -0.39 is 0 Å². The third-order valence-corrected chi connectivity index (χ3v) is 3.83. The Morgan fingerprint density at radius 3 is 2.11 bits per heavy atom. The van der Waals surface area contributed by atoms with Crippen LogP contribution in [0.4, 0.5) is 23.0 Å². The Labute approximate surface area is 157 Å². The van der Waals surface area contributed by atoms with E-state index in [4.69, 9.17) is 5.26 Å². The number of anilines is 4. The highest BCUT2D eigenvalue weighted by molar-refractivity contribution is 6.03. The summed E-state index contributed by atoms with van der Waals surface area (Å²) >= 11 is 0. The van der Waals surface area contributed by atoms with Gasteiger partial charge in [-0.2, -0.15) is 5.26 Å². The maximum atomic E-state index is 12.3. The number of nitriles is 1. The second kappa shape index (κ2) is 7.97. The number of amides is 1. The van der Waals surface area contributed by atoms with Gasteiger partial charge in [-0.05, 0) is 48.5 Å². The standard InChI is InChI=1S/C20H18N6O/c1-26(2)18-9-7-17(8-10-18)25-20-22-12-15(13-23-20)19(27)24-16-5-3-14(11-21)4-6-16/h3-10,12-13H,1-2H3,(H,24,27)(H,22,23,25). The lowest BCUT2D eigenvalue weighted by atomic mass is 10.2. The first-order valence-corrected chi connectivity index (χ1v) is 8.23. The van der Waals surface area contributed by atoms with E-state index in [1.54, 1.807) is 24.3 Å². The van der Waals surface area contributed by atoms with E-state index in [1.807, 2.05) is 49.3 Å². The van der Waals surface area contributed by atoms with Crippen LogP contribution in [-0.4, -0.2) is 30.0 Å². The Morgan fingerprint density at radius 1 is 0.963 bits per heavy atom. The quantitative estimate of drug-likeness (QED) is 0.726. The zero-order chi connectivity index (χ0) is 19.2. The Bertz CT molecular complexity index is 957. The molecule has 7 nitrogen and oxygen atoms in total. The summed E-state index contributed by atoms with van der Waals surface area (Å²) in [7, 11) is 3.96. The van der Waals surface area contributed by atoms with Gasteiger partial charge < -0.3 is 15.5 Å². The maximum Gasteiger partial charge on any atom is 0.258 e. The van der Waals surface area contributed by atoms with Crippen molar-refractivity contribution >= 4 is 28.9 Å². The molecule has 27 heavy (non-hydrogen) atoms. The SMILES string of the molecule is CN(C)c1ccc(Nc2ncc(C(=O)Nc3ccc(C#N)cc3)cn2)cc1. The monoisotopic (exact) mass is 358 g/mol. The molecule has 0 saturated carbocycles. The van der Waals surface area contributed by atoms with Crippen LogP contribution in [-0.2, 0) is 0 Å². The van der Waals surface area contributed by atoms with Crippen molar-refractivity contribution in [1.29, 1.82) is 5.26 Å². The summed E-state index contributed by atoms with van der Waals surface area (Å²) < 4.78 is 0. The number of nitrogens with zero attached hydrogens (tertiary/aromatic N) is 4. The van der Waals surface area contributed by atoms with Crippen molar-refractivity contribution in [3.8, 4) is 6.07 Å². The van der Waals surface area contributed by atoms with Gasteiger partial charge in [-0.3, -0.25) is 4.79 Å². The lowest BCUT2D eigenvalue weighted by Gasteiger charge is -2.13. The number of carbonyl (C=O) groups excluding carboxylic acids is 1. The number of hydrogen-bond donors (Lipinski definition) is 2. The highest BCUT2D eigenvalue weighted by Crippen LogP contribution is 2.18. The largest absolute Gasteiger partial charge is 0.378 e. The zero-order valence-corrected chi connectivity index (χ0v) is 15.0. The predicted octanol–water partition coefficient (Wildman–Crippen LogP) is 3.41. The number of nitrogens with one attached hydrogen (secondary N) is 2. The lowest BCUT2D eigenvalue weighted by Crippen LogP contribution is -2.13. The molecule has 1 amide bonds. The summed E-state index contributed by atoms with van der Waals surface area (Å²) in [6, 6.07) is 16.5. The van der Waals surface area contributed by atoms with E-state index in [0.717, 1.165) is 11.4 Å². The van der Waals surface area contributed by atoms with Gasteiger partial charge in [0, 0.05) is 43.6 Å². The predicted molar refractivity (Wildman–Crippen MR) is 105 cm³/mol. The van der Waals surface area contributed by atoms with E-state index in [-0.39, 0.29) is 5.91 Å². The fourth-order valence-electron chi connectivity index (χ4n) is 2.31. The van der Waals surface area contributed by atoms with Crippen LogP contribution >= 0.6 is 0 Å². The number of benzene rings is 2. The summed E-state index contributed by atoms with van der Waals surface area (Å²) in [6.45, 7) is 0. The molecule has 0 radical (unpaired) electrons. The van der Waals surface area contributed by atoms with Crippen molar-refractivity contribution in [2.75, 3.05) is 29.6 Å². The normalized spacial score (nSPS) is 9.96. The van der Waals surface area contributed by atoms with Gasteiger partial charge in [0.15, 0.2) is 0 Å². The summed E-state index contributed by atoms with van der Waals surface area (Å²) in [5, 5.41) is 14.6. The highest BCUT2D eigenvalue weighted by Gasteiger charge is 2.08. The second-order valence-corrected chi connectivity index (χ2v) is 6.00. The number of hydrogen-bond acceptors (Lipinski definition) is 6. The van der Waals surface area contributed by atoms with E-state index >= 15 is 0 Å². The molecule has 2 N–H and O–H groups in total. The molecule has 3 aromatic rings. The van der Waals surface area contributed by atoms with Gasteiger partial charge in [-0.1, -0.05) is 0 Å². The average Bonchev–Trinajstić information content (AvgIpc) is 2.69. The first-order chi connectivity index (χ1) is 13.0. The minimum atomic E-state index is -0.318. The topological polar surface area (TPSA) is 93.9 Å². The first kappa shape index (κ1) is 17.9. The molecule has 1 aromatic heterocycles. The fraction of sp³-hybridized carbons (Fsp3) is 0.100. The van der Waals surface area contributed by atoms with Crippen LogP contribution in [0, 0.1) is 11.3 Å². The van der Waals surface area contributed by atoms with Gasteiger partial charge in [-0.15, -0.1) is 0 Å². The summed E-state index contributed by atoms with van der Waals surface area (Å²) in [4.78, 5) is 22.6. The average molecular weight is 358 g/mol. The molecule has 7 heteroatoms. The van der Waals surface area contributed by atoms with Crippen LogP contribution in [0.1, 0.15) is 15.9 Å². The zero-order valence-electron chi connectivity index (χ0n) is 15.0. The highest BCUT2D eigenvalue weighted by atomic mass is 16.1. The summed E-state index contributed by atoms with van der Waals surface area (Å²) in [5.74, 6) is 0.0871. The number of carbonyl (C=O) groups is 1. The Kier molecular flexibility index (Phi) is 5.28. The minimum Gasteiger partial charge on any atom is -0.378 e. The second-order valence-electron chi connectivity index (χ2n) is 6.00. The molecule has 3 rings (SSSR count). The molecular weight excluding hydrogens is 340 g/mol. The molecule has 0 bridgehead atoms. The van der Waals surface area contributed by atoms with Gasteiger partial charge in [0.05, 0.1) is 17.2 Å². The third-order valence-electron chi connectivity index (χ3n) is 3.83. The number of aromatic nitrogens is 2. The molecule has 0 aliphatic carbocycles. The molecule has 0 atom stereocenters. The van der Waals surface area contributed by atoms with Gasteiger partial charge >= 0.3 is 0 Å². The Balaban J connectivity index is 1.63. The minimum absolute atomic E-state index is 0.318. The molecule has 0 aliphatic heterocycles. The maximum absolute atomic E-state index is 12.3. The van der Waals surface area contributed by atoms with Crippen molar-refractivity contribution < 1.29 is 4.79 Å². The lowest BCUT2D eigenvalue weighted by molar-refractivity contribution is 0.102. The van der Waals surface area contributed by atoms with Crippen LogP contribution in [0.2, 0.25) is 0 Å². The van der Waals surface area contributed by atoms with Gasteiger partial charge in [0.1, 0.15) is 0 Å². The molecule has 0 spiro atoms. The van der Waals surface area contributed by atoms with Crippen LogP contribution < -0.4 is 15.5 Å². The fourth-order valence-corrected chi connectivity index (χ4v) is 2.31. The molecule has 1 heterocycles. The van der Waals surface area contributed by atoms with Crippen molar-refractivity contribution in [2.24, 2.45) is 0 Å². The molecule has 0 saturated heterocycles. The van der Waals surface area contributed by atoms with Crippen molar-refractivity contribution in [3.05, 3.63) is 72.1 Å². The van der Waals surface area contributed by atoms with Crippen LogP contribution in [0.15, 0.2) is 60.9 Å². The van der Waals surface area contributed by atoms with Crippen LogP contribution in [0.3, 0.4) is 0 Å². The van der Waals surface area contributed by atoms with Gasteiger partial charge in [-0.25, -0.2) is 9.97 Å². The van der Waals surface area contributed by atoms with E-state index in [1.165, 1.54) is 12.4 Å². The van der Waals surface area contributed by atoms with Crippen LogP contribution in [0.5, 0.6) is 0 Å². The first-order valence-electron chi connectivity index (χ1n) is 8.23. The number of rotatable bonds is 5. The molecule has 0 unspecified atom stereocenters. The molecule has 2 aromatic carbocycles. The Morgan fingerprint density at radius 2 is 1.56 bits per heavy atom. The van der Waals surface area contributed by atoms with Crippen molar-refractivity contribution in [2.45, 2.75) is 0 Å². The summed E-state index contributed by atoms with van der Waals surface area (Å²) in [5.41, 5.74) is 3.42. The van der Waals surface area contributed by atoms with E-state index in [0.29, 0.717) is 22.8 Å².